The molecule has 20 heavy (non-hydrogen) atoms. The Hall–Kier alpha value is -1.94. The lowest BCUT2D eigenvalue weighted by Gasteiger charge is -2.27. The Morgan fingerprint density at radius 2 is 1.90 bits per heavy atom. The van der Waals surface area contributed by atoms with Crippen LogP contribution >= 0.6 is 15.9 Å². The lowest BCUT2D eigenvalue weighted by Crippen LogP contribution is -2.20. The number of phenols is 2. The molecule has 102 valence electrons. The second-order valence-corrected chi connectivity index (χ2v) is 5.77. The zero-order valence-electron chi connectivity index (χ0n) is 11.0. The van der Waals surface area contributed by atoms with Crippen LogP contribution in [0.1, 0.15) is 16.7 Å². The predicted octanol–water partition coefficient (Wildman–Crippen LogP) is 4.12. The van der Waals surface area contributed by atoms with Gasteiger partial charge >= 0.3 is 0 Å². The highest BCUT2D eigenvalue weighted by molar-refractivity contribution is 9.15. The monoisotopic (exact) mass is 331 g/mol. The number of anilines is 1. The largest absolute Gasteiger partial charge is 0.508 e. The van der Waals surface area contributed by atoms with Crippen LogP contribution in [0, 0.1) is 6.92 Å². The van der Waals surface area contributed by atoms with Crippen molar-refractivity contribution >= 4 is 26.1 Å². The molecule has 0 spiro atoms. The number of phenolic OH excluding ortho intramolecular Hbond substituents is 2. The van der Waals surface area contributed by atoms with E-state index in [0.29, 0.717) is 5.75 Å². The number of benzene rings is 2. The lowest BCUT2D eigenvalue weighted by atomic mass is 10.0. The molecule has 0 saturated heterocycles. The van der Waals surface area contributed by atoms with Gasteiger partial charge in [-0.1, -0.05) is 6.07 Å². The molecular weight excluding hydrogens is 318 g/mol. The Kier molecular flexibility index (Phi) is 3.18. The van der Waals surface area contributed by atoms with E-state index in [4.69, 9.17) is 0 Å². The van der Waals surface area contributed by atoms with Gasteiger partial charge in [0.25, 0.3) is 0 Å². The van der Waals surface area contributed by atoms with E-state index in [2.05, 4.69) is 20.8 Å². The molecular formula is C16H14BrNO2. The zero-order valence-corrected chi connectivity index (χ0v) is 12.6. The van der Waals surface area contributed by atoms with Crippen LogP contribution in [0.4, 0.5) is 5.69 Å². The maximum atomic E-state index is 9.61. The SMILES string of the molecule is Cc1cc(N2C=C(Br)c3cc(O)ccc3C2)ccc1O. The highest BCUT2D eigenvalue weighted by Gasteiger charge is 2.17. The summed E-state index contributed by atoms with van der Waals surface area (Å²) in [6.07, 6.45) is 1.99. The molecule has 0 aromatic heterocycles. The van der Waals surface area contributed by atoms with Crippen LogP contribution in [0.2, 0.25) is 0 Å². The van der Waals surface area contributed by atoms with Crippen LogP contribution in [0.3, 0.4) is 0 Å². The summed E-state index contributed by atoms with van der Waals surface area (Å²) in [4.78, 5) is 2.11. The quantitative estimate of drug-likeness (QED) is 0.826. The lowest BCUT2D eigenvalue weighted by molar-refractivity contribution is 0.471. The summed E-state index contributed by atoms with van der Waals surface area (Å²) in [6.45, 7) is 2.61. The van der Waals surface area contributed by atoms with Crippen LogP contribution < -0.4 is 4.90 Å². The maximum absolute atomic E-state index is 9.61. The van der Waals surface area contributed by atoms with Crippen molar-refractivity contribution in [2.75, 3.05) is 4.90 Å². The Labute approximate surface area is 125 Å². The fourth-order valence-electron chi connectivity index (χ4n) is 2.34. The van der Waals surface area contributed by atoms with Gasteiger partial charge in [0.2, 0.25) is 0 Å². The highest BCUT2D eigenvalue weighted by atomic mass is 79.9. The van der Waals surface area contributed by atoms with E-state index in [-0.39, 0.29) is 5.75 Å². The summed E-state index contributed by atoms with van der Waals surface area (Å²) in [5, 5.41) is 19.2. The Balaban J connectivity index is 2.01. The molecule has 1 heterocycles. The Bertz CT molecular complexity index is 710. The molecule has 0 saturated carbocycles. The van der Waals surface area contributed by atoms with Crippen LogP contribution in [-0.4, -0.2) is 10.2 Å². The zero-order chi connectivity index (χ0) is 14.3. The van der Waals surface area contributed by atoms with Gasteiger partial charge in [0.1, 0.15) is 11.5 Å². The number of aryl methyl sites for hydroxylation is 1. The minimum Gasteiger partial charge on any atom is -0.508 e. The van der Waals surface area contributed by atoms with Crippen molar-refractivity contribution in [1.82, 2.24) is 0 Å². The third-order valence-electron chi connectivity index (χ3n) is 3.47. The average Bonchev–Trinajstić information content (AvgIpc) is 2.42. The number of aromatic hydroxyl groups is 2. The number of rotatable bonds is 1. The van der Waals surface area contributed by atoms with Gasteiger partial charge in [0.15, 0.2) is 0 Å². The van der Waals surface area contributed by atoms with Crippen molar-refractivity contribution in [3.8, 4) is 11.5 Å². The highest BCUT2D eigenvalue weighted by Crippen LogP contribution is 2.36. The van der Waals surface area contributed by atoms with Crippen LogP contribution in [0.15, 0.2) is 42.6 Å². The number of nitrogens with zero attached hydrogens (tertiary/aromatic N) is 1. The molecule has 2 aromatic carbocycles. The van der Waals surface area contributed by atoms with E-state index in [1.807, 2.05) is 31.3 Å². The smallest absolute Gasteiger partial charge is 0.118 e. The molecule has 0 aliphatic carbocycles. The normalized spacial score (nSPS) is 13.9. The molecule has 4 heteroatoms. The van der Waals surface area contributed by atoms with E-state index in [9.17, 15) is 10.2 Å². The summed E-state index contributed by atoms with van der Waals surface area (Å²) in [5.74, 6) is 0.571. The van der Waals surface area contributed by atoms with Crippen molar-refractivity contribution in [1.29, 1.82) is 0 Å². The first-order valence-electron chi connectivity index (χ1n) is 6.30. The molecule has 0 fully saturated rings. The van der Waals surface area contributed by atoms with Crippen molar-refractivity contribution in [3.05, 3.63) is 59.3 Å². The average molecular weight is 332 g/mol. The minimum atomic E-state index is 0.267. The second kappa shape index (κ2) is 4.87. The molecule has 0 atom stereocenters. The summed E-state index contributed by atoms with van der Waals surface area (Å²) < 4.78 is 0.931. The van der Waals surface area contributed by atoms with E-state index in [1.165, 1.54) is 0 Å². The van der Waals surface area contributed by atoms with E-state index >= 15 is 0 Å². The maximum Gasteiger partial charge on any atom is 0.118 e. The molecule has 0 unspecified atom stereocenters. The summed E-state index contributed by atoms with van der Waals surface area (Å²) >= 11 is 3.55. The standard InChI is InChI=1S/C16H14BrNO2/c1-10-6-12(3-5-16(10)20)18-8-11-2-4-13(19)7-14(11)15(17)9-18/h2-7,9,19-20H,8H2,1H3. The second-order valence-electron chi connectivity index (χ2n) is 4.92. The van der Waals surface area contributed by atoms with Gasteiger partial charge in [0.05, 0.1) is 0 Å². The first-order chi connectivity index (χ1) is 9.54. The number of fused-ring (bicyclic) bond motifs is 1. The summed E-state index contributed by atoms with van der Waals surface area (Å²) in [5.41, 5.74) is 4.03. The van der Waals surface area contributed by atoms with Gasteiger partial charge in [0, 0.05) is 22.9 Å². The minimum absolute atomic E-state index is 0.267. The molecule has 3 rings (SSSR count). The van der Waals surface area contributed by atoms with Gasteiger partial charge in [-0.25, -0.2) is 0 Å². The number of hydrogen-bond acceptors (Lipinski definition) is 3. The molecule has 3 nitrogen and oxygen atoms in total. The van der Waals surface area contributed by atoms with Crippen molar-refractivity contribution in [3.63, 3.8) is 0 Å². The van der Waals surface area contributed by atoms with Gasteiger partial charge in [-0.15, -0.1) is 0 Å². The van der Waals surface area contributed by atoms with Crippen molar-refractivity contribution in [2.45, 2.75) is 13.5 Å². The number of halogens is 1. The fraction of sp³-hybridized carbons (Fsp3) is 0.125. The van der Waals surface area contributed by atoms with E-state index in [0.717, 1.165) is 33.4 Å². The Morgan fingerprint density at radius 1 is 1.10 bits per heavy atom. The van der Waals surface area contributed by atoms with Gasteiger partial charge in [-0.3, -0.25) is 0 Å². The third-order valence-corrected chi connectivity index (χ3v) is 4.10. The molecule has 0 bridgehead atoms. The topological polar surface area (TPSA) is 43.7 Å². The molecule has 1 aliphatic heterocycles. The van der Waals surface area contributed by atoms with Gasteiger partial charge in [-0.05, 0) is 69.9 Å². The van der Waals surface area contributed by atoms with Gasteiger partial charge in [-0.2, -0.15) is 0 Å². The molecule has 2 aromatic rings. The van der Waals surface area contributed by atoms with E-state index < -0.39 is 0 Å². The molecule has 1 aliphatic rings. The van der Waals surface area contributed by atoms with Crippen molar-refractivity contribution in [2.24, 2.45) is 0 Å². The predicted molar refractivity (Wildman–Crippen MR) is 84.0 cm³/mol. The van der Waals surface area contributed by atoms with Gasteiger partial charge < -0.3 is 15.1 Å². The first kappa shape index (κ1) is 13.1. The summed E-state index contributed by atoms with van der Waals surface area (Å²) in [7, 11) is 0. The number of hydrogen-bond donors (Lipinski definition) is 2. The Morgan fingerprint density at radius 3 is 2.65 bits per heavy atom. The van der Waals surface area contributed by atoms with Crippen LogP contribution in [0.25, 0.3) is 4.48 Å². The summed E-state index contributed by atoms with van der Waals surface area (Å²) in [6, 6.07) is 10.9. The molecule has 0 amide bonds. The fourth-order valence-corrected chi connectivity index (χ4v) is 2.96. The van der Waals surface area contributed by atoms with Crippen LogP contribution in [0.5, 0.6) is 11.5 Å². The first-order valence-corrected chi connectivity index (χ1v) is 7.10. The van der Waals surface area contributed by atoms with Crippen molar-refractivity contribution < 1.29 is 10.2 Å². The molecule has 2 N–H and O–H groups in total. The van der Waals surface area contributed by atoms with Crippen LogP contribution in [-0.2, 0) is 6.54 Å². The van der Waals surface area contributed by atoms with E-state index in [1.54, 1.807) is 18.2 Å². The molecule has 0 radical (unpaired) electrons. The third kappa shape index (κ3) is 2.27.